The summed E-state index contributed by atoms with van der Waals surface area (Å²) in [6.07, 6.45) is 2.03. The number of benzene rings is 1. The van der Waals surface area contributed by atoms with Gasteiger partial charge in [0.2, 0.25) is 0 Å². The summed E-state index contributed by atoms with van der Waals surface area (Å²) in [5.41, 5.74) is 3.11. The summed E-state index contributed by atoms with van der Waals surface area (Å²) >= 11 is 6.20. The molecular weight excluding hydrogens is 234 g/mol. The largest absolute Gasteiger partial charge is 0.313 e. The molecule has 4 heteroatoms. The van der Waals surface area contributed by atoms with Crippen molar-refractivity contribution in [2.24, 2.45) is 7.05 Å². The molecule has 2 rings (SSSR count). The molecule has 0 amide bonds. The Balaban J connectivity index is 2.41. The van der Waals surface area contributed by atoms with E-state index in [0.29, 0.717) is 0 Å². The zero-order chi connectivity index (χ0) is 12.3. The van der Waals surface area contributed by atoms with Crippen molar-refractivity contribution in [3.63, 3.8) is 0 Å². The second-order valence-corrected chi connectivity index (χ2v) is 4.34. The molecular formula is C13H16ClN3. The maximum Gasteiger partial charge on any atom is 0.0982 e. The highest BCUT2D eigenvalue weighted by Crippen LogP contribution is 2.28. The Morgan fingerprint density at radius 3 is 2.82 bits per heavy atom. The van der Waals surface area contributed by atoms with E-state index >= 15 is 0 Å². The lowest BCUT2D eigenvalue weighted by Gasteiger charge is -2.04. The highest BCUT2D eigenvalue weighted by molar-refractivity contribution is 6.33. The predicted octanol–water partition coefficient (Wildman–Crippen LogP) is 2.85. The second kappa shape index (κ2) is 5.34. The third-order valence-corrected chi connectivity index (χ3v) is 2.93. The number of nitrogens with zero attached hydrogens (tertiary/aromatic N) is 2. The van der Waals surface area contributed by atoms with Crippen LogP contribution in [0.4, 0.5) is 0 Å². The van der Waals surface area contributed by atoms with Gasteiger partial charge in [-0.1, -0.05) is 36.7 Å². The summed E-state index contributed by atoms with van der Waals surface area (Å²) in [4.78, 5) is 0. The van der Waals surface area contributed by atoms with Gasteiger partial charge in [-0.25, -0.2) is 0 Å². The van der Waals surface area contributed by atoms with Gasteiger partial charge in [-0.15, -0.1) is 0 Å². The Hall–Kier alpha value is -1.32. The minimum Gasteiger partial charge on any atom is -0.313 e. The molecule has 1 heterocycles. The fourth-order valence-corrected chi connectivity index (χ4v) is 2.03. The lowest BCUT2D eigenvalue weighted by Crippen LogP contribution is -2.11. The number of nitrogens with one attached hydrogen (secondary N) is 1. The Morgan fingerprint density at radius 1 is 1.35 bits per heavy atom. The number of hydrogen-bond donors (Lipinski definition) is 1. The molecule has 0 saturated heterocycles. The summed E-state index contributed by atoms with van der Waals surface area (Å²) in [6, 6.07) is 7.80. The van der Waals surface area contributed by atoms with E-state index in [2.05, 4.69) is 17.3 Å². The Bertz CT molecular complexity index is 505. The molecule has 90 valence electrons. The van der Waals surface area contributed by atoms with Crippen LogP contribution in [0.2, 0.25) is 5.02 Å². The van der Waals surface area contributed by atoms with Crippen molar-refractivity contribution in [3.8, 4) is 11.3 Å². The molecule has 0 spiro atoms. The van der Waals surface area contributed by atoms with E-state index in [0.717, 1.165) is 29.4 Å². The fourth-order valence-electron chi connectivity index (χ4n) is 1.81. The van der Waals surface area contributed by atoms with E-state index in [1.807, 2.05) is 42.2 Å². The van der Waals surface area contributed by atoms with Crippen LogP contribution >= 0.6 is 11.6 Å². The van der Waals surface area contributed by atoms with Crippen LogP contribution in [0.3, 0.4) is 0 Å². The average molecular weight is 250 g/mol. The fraction of sp³-hybridized carbons (Fsp3) is 0.308. The molecule has 0 aliphatic heterocycles. The standard InChI is InChI=1S/C13H16ClN3/c1-3-15-8-10-9-17(2)16-13(10)11-6-4-5-7-12(11)14/h4-7,9,15H,3,8H2,1-2H3. The summed E-state index contributed by atoms with van der Waals surface area (Å²) in [5.74, 6) is 0. The van der Waals surface area contributed by atoms with E-state index in [-0.39, 0.29) is 0 Å². The highest BCUT2D eigenvalue weighted by Gasteiger charge is 2.11. The molecule has 0 aliphatic rings. The monoisotopic (exact) mass is 249 g/mol. The van der Waals surface area contributed by atoms with Crippen molar-refractivity contribution in [3.05, 3.63) is 41.0 Å². The zero-order valence-electron chi connectivity index (χ0n) is 10.1. The molecule has 0 atom stereocenters. The van der Waals surface area contributed by atoms with Crippen LogP contribution in [-0.2, 0) is 13.6 Å². The quantitative estimate of drug-likeness (QED) is 0.903. The second-order valence-electron chi connectivity index (χ2n) is 3.94. The van der Waals surface area contributed by atoms with Gasteiger partial charge >= 0.3 is 0 Å². The lowest BCUT2D eigenvalue weighted by molar-refractivity contribution is 0.724. The molecule has 0 radical (unpaired) electrons. The van der Waals surface area contributed by atoms with Crippen LogP contribution in [0.5, 0.6) is 0 Å². The first-order valence-electron chi connectivity index (χ1n) is 5.70. The van der Waals surface area contributed by atoms with Gasteiger partial charge < -0.3 is 5.32 Å². The first-order valence-corrected chi connectivity index (χ1v) is 6.08. The highest BCUT2D eigenvalue weighted by atomic mass is 35.5. The number of halogens is 1. The first-order chi connectivity index (χ1) is 8.22. The van der Waals surface area contributed by atoms with Crippen molar-refractivity contribution >= 4 is 11.6 Å². The third-order valence-electron chi connectivity index (χ3n) is 2.60. The maximum absolute atomic E-state index is 6.20. The summed E-state index contributed by atoms with van der Waals surface area (Å²) in [5, 5.41) is 8.54. The zero-order valence-corrected chi connectivity index (χ0v) is 10.8. The van der Waals surface area contributed by atoms with E-state index in [1.54, 1.807) is 0 Å². The molecule has 1 aromatic heterocycles. The average Bonchev–Trinajstić information content (AvgIpc) is 2.68. The molecule has 1 N–H and O–H groups in total. The lowest BCUT2D eigenvalue weighted by atomic mass is 10.1. The number of aromatic nitrogens is 2. The number of hydrogen-bond acceptors (Lipinski definition) is 2. The molecule has 0 saturated carbocycles. The van der Waals surface area contributed by atoms with Gasteiger partial charge in [0, 0.05) is 30.9 Å². The van der Waals surface area contributed by atoms with Crippen molar-refractivity contribution in [2.45, 2.75) is 13.5 Å². The van der Waals surface area contributed by atoms with E-state index in [1.165, 1.54) is 5.56 Å². The van der Waals surface area contributed by atoms with Crippen LogP contribution in [0.15, 0.2) is 30.5 Å². The van der Waals surface area contributed by atoms with Crippen molar-refractivity contribution in [1.29, 1.82) is 0 Å². The molecule has 1 aromatic carbocycles. The Morgan fingerprint density at radius 2 is 2.12 bits per heavy atom. The van der Waals surface area contributed by atoms with E-state index in [4.69, 9.17) is 11.6 Å². The summed E-state index contributed by atoms with van der Waals surface area (Å²) in [7, 11) is 1.93. The topological polar surface area (TPSA) is 29.9 Å². The SMILES string of the molecule is CCNCc1cn(C)nc1-c1ccccc1Cl. The van der Waals surface area contributed by atoms with E-state index < -0.39 is 0 Å². The Labute approximate surface area is 106 Å². The van der Waals surface area contributed by atoms with E-state index in [9.17, 15) is 0 Å². The predicted molar refractivity (Wildman–Crippen MR) is 71.0 cm³/mol. The molecule has 0 fully saturated rings. The Kier molecular flexibility index (Phi) is 3.82. The minimum atomic E-state index is 0.740. The smallest absolute Gasteiger partial charge is 0.0982 e. The molecule has 0 bridgehead atoms. The van der Waals surface area contributed by atoms with Crippen LogP contribution in [-0.4, -0.2) is 16.3 Å². The van der Waals surface area contributed by atoms with Gasteiger partial charge in [0.05, 0.1) is 10.7 Å². The van der Waals surface area contributed by atoms with Gasteiger partial charge in [-0.05, 0) is 12.6 Å². The summed E-state index contributed by atoms with van der Waals surface area (Å²) in [6.45, 7) is 3.84. The van der Waals surface area contributed by atoms with Gasteiger partial charge in [-0.3, -0.25) is 4.68 Å². The van der Waals surface area contributed by atoms with Gasteiger partial charge in [0.25, 0.3) is 0 Å². The molecule has 3 nitrogen and oxygen atoms in total. The van der Waals surface area contributed by atoms with Gasteiger partial charge in [-0.2, -0.15) is 5.10 Å². The third kappa shape index (κ3) is 2.68. The van der Waals surface area contributed by atoms with Crippen molar-refractivity contribution in [2.75, 3.05) is 6.54 Å². The molecule has 2 aromatic rings. The van der Waals surface area contributed by atoms with Crippen LogP contribution in [0, 0.1) is 0 Å². The number of rotatable bonds is 4. The molecule has 17 heavy (non-hydrogen) atoms. The van der Waals surface area contributed by atoms with Crippen molar-refractivity contribution in [1.82, 2.24) is 15.1 Å². The van der Waals surface area contributed by atoms with Gasteiger partial charge in [0.1, 0.15) is 0 Å². The maximum atomic E-state index is 6.20. The molecule has 0 unspecified atom stereocenters. The normalized spacial score (nSPS) is 10.8. The van der Waals surface area contributed by atoms with Crippen LogP contribution in [0.25, 0.3) is 11.3 Å². The van der Waals surface area contributed by atoms with Crippen LogP contribution in [0.1, 0.15) is 12.5 Å². The first kappa shape index (κ1) is 12.1. The number of aryl methyl sites for hydroxylation is 1. The van der Waals surface area contributed by atoms with Crippen LogP contribution < -0.4 is 5.32 Å². The van der Waals surface area contributed by atoms with Crippen molar-refractivity contribution < 1.29 is 0 Å². The minimum absolute atomic E-state index is 0.740. The molecule has 0 aliphatic carbocycles. The van der Waals surface area contributed by atoms with Gasteiger partial charge in [0.15, 0.2) is 0 Å². The summed E-state index contributed by atoms with van der Waals surface area (Å²) < 4.78 is 1.82.